The van der Waals surface area contributed by atoms with Crippen LogP contribution in [0.25, 0.3) is 10.9 Å². The van der Waals surface area contributed by atoms with Gasteiger partial charge in [-0.2, -0.15) is 0 Å². The van der Waals surface area contributed by atoms with Crippen LogP contribution in [0.1, 0.15) is 27.7 Å². The van der Waals surface area contributed by atoms with Crippen molar-refractivity contribution in [2.24, 2.45) is 0 Å². The number of para-hydroxylation sites is 1. The molecule has 3 rings (SSSR count). The van der Waals surface area contributed by atoms with Gasteiger partial charge < -0.3 is 23.5 Å². The molecule has 0 amide bonds. The maximum Gasteiger partial charge on any atom is 0.497 e. The number of rotatable bonds is 3. The number of benzene rings is 1. The van der Waals surface area contributed by atoms with Gasteiger partial charge in [0.2, 0.25) is 0 Å². The molecule has 1 aliphatic heterocycles. The molecular formula is C16H23B2NO4. The maximum absolute atomic E-state index is 10.1. The van der Waals surface area contributed by atoms with Gasteiger partial charge in [0.25, 0.3) is 0 Å². The summed E-state index contributed by atoms with van der Waals surface area (Å²) in [4.78, 5) is 0. The molecule has 1 saturated heterocycles. The predicted molar refractivity (Wildman–Crippen MR) is 93.4 cm³/mol. The van der Waals surface area contributed by atoms with Gasteiger partial charge in [0.05, 0.1) is 23.8 Å². The summed E-state index contributed by atoms with van der Waals surface area (Å²) in [6.45, 7) is 9.84. The molecule has 0 radical (unpaired) electrons. The Hall–Kier alpha value is -1.43. The number of nitrogens with zero attached hydrogens (tertiary/aromatic N) is 1. The highest BCUT2D eigenvalue weighted by Crippen LogP contribution is 2.37. The summed E-state index contributed by atoms with van der Waals surface area (Å²) in [6.07, 6.45) is 1.89. The number of methoxy groups -OCH3 is 1. The van der Waals surface area contributed by atoms with Gasteiger partial charge in [0.15, 0.2) is 0 Å². The molecule has 0 aliphatic carbocycles. The van der Waals surface area contributed by atoms with E-state index in [2.05, 4.69) is 0 Å². The first-order valence-electron chi connectivity index (χ1n) is 7.89. The van der Waals surface area contributed by atoms with Crippen molar-refractivity contribution in [1.82, 2.24) is 4.48 Å². The summed E-state index contributed by atoms with van der Waals surface area (Å²) in [5, 5.41) is 11.1. The Morgan fingerprint density at radius 1 is 1.17 bits per heavy atom. The zero-order chi connectivity index (χ0) is 17.0. The van der Waals surface area contributed by atoms with E-state index >= 15 is 0 Å². The van der Waals surface area contributed by atoms with Gasteiger partial charge in [0.1, 0.15) is 5.75 Å². The van der Waals surface area contributed by atoms with E-state index in [4.69, 9.17) is 14.0 Å². The minimum absolute atomic E-state index is 0.407. The molecule has 1 aromatic heterocycles. The van der Waals surface area contributed by atoms with Crippen molar-refractivity contribution in [3.05, 3.63) is 24.4 Å². The molecule has 0 atom stereocenters. The summed E-state index contributed by atoms with van der Waals surface area (Å²) in [7, 11) is 0.474. The second-order valence-electron chi connectivity index (χ2n) is 7.07. The van der Waals surface area contributed by atoms with Crippen molar-refractivity contribution in [2.45, 2.75) is 45.7 Å². The minimum Gasteiger partial charge on any atom is -0.495 e. The van der Waals surface area contributed by atoms with Crippen LogP contribution < -0.4 is 10.2 Å². The molecule has 7 heteroatoms. The molecule has 1 N–H and O–H groups in total. The number of fused-ring (bicyclic) bond motifs is 1. The van der Waals surface area contributed by atoms with Crippen LogP contribution in [0.3, 0.4) is 0 Å². The van der Waals surface area contributed by atoms with Crippen molar-refractivity contribution < 1.29 is 19.1 Å². The van der Waals surface area contributed by atoms with Gasteiger partial charge in [0, 0.05) is 10.8 Å². The van der Waals surface area contributed by atoms with E-state index in [1.807, 2.05) is 52.1 Å². The van der Waals surface area contributed by atoms with Crippen LogP contribution in [0, 0.1) is 0 Å². The molecule has 5 nitrogen and oxygen atoms in total. The van der Waals surface area contributed by atoms with Crippen LogP contribution >= 0.6 is 0 Å². The smallest absolute Gasteiger partial charge is 0.495 e. The van der Waals surface area contributed by atoms with Crippen molar-refractivity contribution in [3.8, 4) is 5.75 Å². The Labute approximate surface area is 137 Å². The van der Waals surface area contributed by atoms with E-state index in [9.17, 15) is 5.02 Å². The fourth-order valence-electron chi connectivity index (χ4n) is 2.92. The third-order valence-electron chi connectivity index (χ3n) is 4.98. The lowest BCUT2D eigenvalue weighted by Crippen LogP contribution is -2.41. The van der Waals surface area contributed by atoms with Crippen molar-refractivity contribution in [3.63, 3.8) is 0 Å². The predicted octanol–water partition coefficient (Wildman–Crippen LogP) is 1.91. The SMILES string of the molecule is COc1cccc2c(B3OC(C)(C)C(C)(C)O3)cn(B(C)O)c12. The Balaban J connectivity index is 2.17. The second kappa shape index (κ2) is 5.30. The third-order valence-corrected chi connectivity index (χ3v) is 4.98. The van der Waals surface area contributed by atoms with E-state index in [0.29, 0.717) is 5.75 Å². The average Bonchev–Trinajstić information content (AvgIpc) is 2.94. The fraction of sp³-hybridized carbons (Fsp3) is 0.500. The van der Waals surface area contributed by atoms with Crippen molar-refractivity contribution >= 4 is 30.5 Å². The van der Waals surface area contributed by atoms with E-state index in [0.717, 1.165) is 16.4 Å². The molecule has 0 saturated carbocycles. The zero-order valence-electron chi connectivity index (χ0n) is 14.6. The van der Waals surface area contributed by atoms with Crippen LogP contribution in [0.4, 0.5) is 0 Å². The van der Waals surface area contributed by atoms with Gasteiger partial charge in [-0.15, -0.1) is 0 Å². The first-order chi connectivity index (χ1) is 10.7. The first-order valence-corrected chi connectivity index (χ1v) is 7.89. The van der Waals surface area contributed by atoms with Crippen LogP contribution in [-0.4, -0.2) is 42.0 Å². The fourth-order valence-corrected chi connectivity index (χ4v) is 2.92. The largest absolute Gasteiger partial charge is 0.497 e. The van der Waals surface area contributed by atoms with Gasteiger partial charge >= 0.3 is 14.2 Å². The zero-order valence-corrected chi connectivity index (χ0v) is 14.6. The molecule has 23 heavy (non-hydrogen) atoms. The monoisotopic (exact) mass is 315 g/mol. The highest BCUT2D eigenvalue weighted by atomic mass is 16.7. The van der Waals surface area contributed by atoms with Gasteiger partial charge in [-0.1, -0.05) is 12.1 Å². The van der Waals surface area contributed by atoms with E-state index in [-0.39, 0.29) is 0 Å². The molecule has 0 unspecified atom stereocenters. The van der Waals surface area contributed by atoms with Crippen molar-refractivity contribution in [2.75, 3.05) is 7.11 Å². The lowest BCUT2D eigenvalue weighted by molar-refractivity contribution is 0.00578. The molecule has 0 spiro atoms. The summed E-state index contributed by atoms with van der Waals surface area (Å²) in [5.41, 5.74) is 0.930. The third kappa shape index (κ3) is 2.47. The highest BCUT2D eigenvalue weighted by Gasteiger charge is 2.52. The normalized spacial score (nSPS) is 19.3. The second-order valence-corrected chi connectivity index (χ2v) is 7.07. The Bertz CT molecular complexity index is 723. The first kappa shape index (κ1) is 16.4. The maximum atomic E-state index is 10.1. The molecule has 1 fully saturated rings. The number of hydrogen-bond donors (Lipinski definition) is 1. The van der Waals surface area contributed by atoms with Crippen LogP contribution in [0.2, 0.25) is 6.82 Å². The molecular weight excluding hydrogens is 292 g/mol. The molecule has 2 aromatic rings. The number of hydrogen-bond acceptors (Lipinski definition) is 4. The average molecular weight is 315 g/mol. The number of aromatic nitrogens is 1. The standard InChI is InChI=1S/C16H23B2NO4/c1-15(2)16(3,4)23-18(22-15)12-10-19(17(5)20)14-11(12)8-7-9-13(14)21-6/h7-10,20H,1-6H3. The van der Waals surface area contributed by atoms with Crippen LogP contribution in [0.5, 0.6) is 5.75 Å². The quantitative estimate of drug-likeness (QED) is 0.879. The van der Waals surface area contributed by atoms with Crippen LogP contribution in [-0.2, 0) is 9.31 Å². The lowest BCUT2D eigenvalue weighted by atomic mass is 9.79. The van der Waals surface area contributed by atoms with E-state index in [1.165, 1.54) is 0 Å². The van der Waals surface area contributed by atoms with Crippen molar-refractivity contribution in [1.29, 1.82) is 0 Å². The lowest BCUT2D eigenvalue weighted by Gasteiger charge is -2.32. The number of ether oxygens (including phenoxy) is 1. The summed E-state index contributed by atoms with van der Waals surface area (Å²) >= 11 is 0. The Morgan fingerprint density at radius 2 is 1.78 bits per heavy atom. The highest BCUT2D eigenvalue weighted by molar-refractivity contribution is 6.66. The topological polar surface area (TPSA) is 52.9 Å². The van der Waals surface area contributed by atoms with E-state index < -0.39 is 25.4 Å². The summed E-state index contributed by atoms with van der Waals surface area (Å²) in [6, 6.07) is 5.81. The Kier molecular flexibility index (Phi) is 3.78. The van der Waals surface area contributed by atoms with Crippen LogP contribution in [0.15, 0.2) is 24.4 Å². The minimum atomic E-state index is -0.676. The molecule has 122 valence electrons. The molecule has 0 bridgehead atoms. The van der Waals surface area contributed by atoms with Gasteiger partial charge in [-0.3, -0.25) is 0 Å². The summed E-state index contributed by atoms with van der Waals surface area (Å²) < 4.78 is 19.6. The van der Waals surface area contributed by atoms with Gasteiger partial charge in [-0.05, 0) is 46.8 Å². The van der Waals surface area contributed by atoms with Gasteiger partial charge in [-0.25, -0.2) is 0 Å². The molecule has 1 aromatic carbocycles. The Morgan fingerprint density at radius 3 is 2.30 bits per heavy atom. The molecule has 1 aliphatic rings. The summed E-state index contributed by atoms with van der Waals surface area (Å²) in [5.74, 6) is 0.714. The van der Waals surface area contributed by atoms with E-state index in [1.54, 1.807) is 18.4 Å². The molecule has 2 heterocycles.